The van der Waals surface area contributed by atoms with Crippen LogP contribution in [0.5, 0.6) is 0 Å². The second kappa shape index (κ2) is 7.30. The summed E-state index contributed by atoms with van der Waals surface area (Å²) < 4.78 is 0. The Morgan fingerprint density at radius 3 is 2.29 bits per heavy atom. The lowest BCUT2D eigenvalue weighted by atomic mass is 9.85. The van der Waals surface area contributed by atoms with Crippen LogP contribution in [0, 0.1) is 0 Å². The lowest BCUT2D eigenvalue weighted by Crippen LogP contribution is -2.36. The first kappa shape index (κ1) is 16.2. The predicted octanol–water partition coefficient (Wildman–Crippen LogP) is 4.19. The minimum absolute atomic E-state index is 0.0547. The van der Waals surface area contributed by atoms with E-state index in [4.69, 9.17) is 0 Å². The first-order valence-corrected chi connectivity index (χ1v) is 8.30. The number of ketones is 1. The molecule has 0 radical (unpaired) electrons. The van der Waals surface area contributed by atoms with Crippen molar-refractivity contribution >= 4 is 11.9 Å². The number of Topliss-reactive ketones (excluding diaryl/α,β-unsaturated/α-hetero) is 1. The molecular weight excluding hydrogens is 302 g/mol. The number of carbonyl (C=O) groups is 2. The Morgan fingerprint density at radius 2 is 1.67 bits per heavy atom. The van der Waals surface area contributed by atoms with Gasteiger partial charge in [0.25, 0.3) is 0 Å². The summed E-state index contributed by atoms with van der Waals surface area (Å²) in [5.74, 6) is -0.266. The van der Waals surface area contributed by atoms with Crippen molar-refractivity contribution in [3.05, 3.63) is 71.8 Å². The van der Waals surface area contributed by atoms with Crippen molar-refractivity contribution < 1.29 is 14.7 Å². The van der Waals surface area contributed by atoms with Gasteiger partial charge in [-0.2, -0.15) is 0 Å². The molecule has 0 spiro atoms. The average molecular weight is 323 g/mol. The first-order chi connectivity index (χ1) is 11.7. The topological polar surface area (TPSA) is 57.6 Å². The summed E-state index contributed by atoms with van der Waals surface area (Å²) in [5.41, 5.74) is 1.62. The van der Waals surface area contributed by atoms with Crippen LogP contribution in [0.15, 0.2) is 60.7 Å². The van der Waals surface area contributed by atoms with Crippen LogP contribution >= 0.6 is 0 Å². The van der Waals surface area contributed by atoms with Gasteiger partial charge in [0.15, 0.2) is 5.78 Å². The molecule has 24 heavy (non-hydrogen) atoms. The quantitative estimate of drug-likeness (QED) is 0.840. The van der Waals surface area contributed by atoms with Crippen LogP contribution < -0.4 is 0 Å². The number of rotatable bonds is 5. The summed E-state index contributed by atoms with van der Waals surface area (Å²) in [4.78, 5) is 25.9. The Bertz CT molecular complexity index is 699. The zero-order chi connectivity index (χ0) is 16.9. The van der Waals surface area contributed by atoms with Gasteiger partial charge in [-0.15, -0.1) is 0 Å². The van der Waals surface area contributed by atoms with Crippen molar-refractivity contribution in [3.63, 3.8) is 0 Å². The van der Waals surface area contributed by atoms with Gasteiger partial charge in [-0.05, 0) is 24.8 Å². The summed E-state index contributed by atoms with van der Waals surface area (Å²) in [6, 6.07) is 18.8. The molecule has 1 heterocycles. The molecule has 1 saturated heterocycles. The highest BCUT2D eigenvalue weighted by Gasteiger charge is 2.33. The number of hydrogen-bond acceptors (Lipinski definition) is 2. The zero-order valence-electron chi connectivity index (χ0n) is 13.5. The SMILES string of the molecule is O=C(c1ccccc1)C(CC1CCCN1C(=O)O)c1ccccc1. The van der Waals surface area contributed by atoms with Crippen LogP contribution in [0.2, 0.25) is 0 Å². The van der Waals surface area contributed by atoms with E-state index in [1.54, 1.807) is 0 Å². The van der Waals surface area contributed by atoms with E-state index in [0.29, 0.717) is 18.5 Å². The normalized spacial score (nSPS) is 18.3. The van der Waals surface area contributed by atoms with Crippen LogP contribution in [-0.2, 0) is 0 Å². The van der Waals surface area contributed by atoms with Gasteiger partial charge in [-0.25, -0.2) is 4.79 Å². The number of carbonyl (C=O) groups excluding carboxylic acids is 1. The molecular formula is C20H21NO3. The Morgan fingerprint density at radius 1 is 1.04 bits per heavy atom. The van der Waals surface area contributed by atoms with Crippen LogP contribution in [0.25, 0.3) is 0 Å². The lowest BCUT2D eigenvalue weighted by Gasteiger charge is -2.26. The maximum Gasteiger partial charge on any atom is 0.407 e. The summed E-state index contributed by atoms with van der Waals surface area (Å²) in [5, 5.41) is 9.36. The fourth-order valence-corrected chi connectivity index (χ4v) is 3.49. The molecule has 0 aliphatic carbocycles. The minimum Gasteiger partial charge on any atom is -0.465 e. The zero-order valence-corrected chi connectivity index (χ0v) is 13.5. The van der Waals surface area contributed by atoms with Gasteiger partial charge < -0.3 is 10.0 Å². The fourth-order valence-electron chi connectivity index (χ4n) is 3.49. The van der Waals surface area contributed by atoms with Crippen LogP contribution in [-0.4, -0.2) is 34.5 Å². The maximum absolute atomic E-state index is 13.0. The number of amides is 1. The number of carboxylic acid groups (broad SMARTS) is 1. The number of likely N-dealkylation sites (tertiary alicyclic amines) is 1. The highest BCUT2D eigenvalue weighted by Crippen LogP contribution is 2.31. The molecule has 0 saturated carbocycles. The first-order valence-electron chi connectivity index (χ1n) is 8.30. The molecule has 2 aromatic carbocycles. The van der Waals surface area contributed by atoms with Crippen molar-refractivity contribution in [2.75, 3.05) is 6.54 Å². The Hall–Kier alpha value is -2.62. The van der Waals surface area contributed by atoms with Crippen molar-refractivity contribution in [3.8, 4) is 0 Å². The smallest absolute Gasteiger partial charge is 0.407 e. The molecule has 3 rings (SSSR count). The summed E-state index contributed by atoms with van der Waals surface area (Å²) in [6.07, 6.45) is 1.32. The van der Waals surface area contributed by atoms with Crippen LogP contribution in [0.4, 0.5) is 4.79 Å². The van der Waals surface area contributed by atoms with Crippen LogP contribution in [0.1, 0.15) is 41.1 Å². The second-order valence-electron chi connectivity index (χ2n) is 6.20. The van der Waals surface area contributed by atoms with E-state index < -0.39 is 6.09 Å². The number of nitrogens with zero attached hydrogens (tertiary/aromatic N) is 1. The Labute approximate surface area is 141 Å². The number of hydrogen-bond donors (Lipinski definition) is 1. The average Bonchev–Trinajstić information content (AvgIpc) is 3.09. The maximum atomic E-state index is 13.0. The molecule has 1 amide bonds. The summed E-state index contributed by atoms with van der Waals surface area (Å²) in [7, 11) is 0. The van der Waals surface area contributed by atoms with Crippen LogP contribution in [0.3, 0.4) is 0 Å². The van der Waals surface area contributed by atoms with E-state index >= 15 is 0 Å². The molecule has 4 heteroatoms. The van der Waals surface area contributed by atoms with E-state index in [1.165, 1.54) is 4.90 Å². The van der Waals surface area contributed by atoms with E-state index in [1.807, 2.05) is 60.7 Å². The molecule has 0 aromatic heterocycles. The Kier molecular flexibility index (Phi) is 4.94. The molecule has 1 aliphatic rings. The minimum atomic E-state index is -0.892. The van der Waals surface area contributed by atoms with Gasteiger partial charge >= 0.3 is 6.09 Å². The summed E-state index contributed by atoms with van der Waals surface area (Å²) >= 11 is 0. The van der Waals surface area contributed by atoms with E-state index in [2.05, 4.69) is 0 Å². The van der Waals surface area contributed by atoms with E-state index in [-0.39, 0.29) is 17.7 Å². The highest BCUT2D eigenvalue weighted by atomic mass is 16.4. The summed E-state index contributed by atoms with van der Waals surface area (Å²) in [6.45, 7) is 0.557. The molecule has 2 aromatic rings. The van der Waals surface area contributed by atoms with Crippen molar-refractivity contribution in [2.45, 2.75) is 31.2 Å². The van der Waals surface area contributed by atoms with Crippen molar-refractivity contribution in [2.24, 2.45) is 0 Å². The van der Waals surface area contributed by atoms with Gasteiger partial charge in [-0.3, -0.25) is 4.79 Å². The molecule has 1 aliphatic heterocycles. The molecule has 0 bridgehead atoms. The predicted molar refractivity (Wildman–Crippen MR) is 92.3 cm³/mol. The van der Waals surface area contributed by atoms with Gasteiger partial charge in [-0.1, -0.05) is 60.7 Å². The number of benzene rings is 2. The molecule has 124 valence electrons. The molecule has 2 unspecified atom stereocenters. The van der Waals surface area contributed by atoms with Gasteiger partial charge in [0, 0.05) is 24.1 Å². The van der Waals surface area contributed by atoms with Crippen molar-refractivity contribution in [1.82, 2.24) is 4.90 Å². The highest BCUT2D eigenvalue weighted by molar-refractivity contribution is 6.01. The molecule has 1 N–H and O–H groups in total. The standard InChI is InChI=1S/C20H21NO3/c22-19(16-10-5-2-6-11-16)18(15-8-3-1-4-9-15)14-17-12-7-13-21(17)20(23)24/h1-6,8-11,17-18H,7,12-14H2,(H,23,24). The van der Waals surface area contributed by atoms with Gasteiger partial charge in [0.05, 0.1) is 0 Å². The third kappa shape index (κ3) is 3.48. The molecule has 1 fully saturated rings. The van der Waals surface area contributed by atoms with E-state index in [0.717, 1.165) is 18.4 Å². The van der Waals surface area contributed by atoms with Gasteiger partial charge in [0.2, 0.25) is 0 Å². The lowest BCUT2D eigenvalue weighted by molar-refractivity contribution is 0.0929. The van der Waals surface area contributed by atoms with E-state index in [9.17, 15) is 14.7 Å². The Balaban J connectivity index is 1.88. The fraction of sp³-hybridized carbons (Fsp3) is 0.300. The monoisotopic (exact) mass is 323 g/mol. The third-order valence-corrected chi connectivity index (χ3v) is 4.71. The molecule has 2 atom stereocenters. The van der Waals surface area contributed by atoms with Crippen molar-refractivity contribution in [1.29, 1.82) is 0 Å². The third-order valence-electron chi connectivity index (χ3n) is 4.71. The van der Waals surface area contributed by atoms with Gasteiger partial charge in [0.1, 0.15) is 0 Å². The second-order valence-corrected chi connectivity index (χ2v) is 6.20. The largest absolute Gasteiger partial charge is 0.465 e. The molecule has 4 nitrogen and oxygen atoms in total.